The molecule has 4 rings (SSSR count). The van der Waals surface area contributed by atoms with Gasteiger partial charge < -0.3 is 19.3 Å². The molecule has 2 aliphatic rings. The van der Waals surface area contributed by atoms with Crippen molar-refractivity contribution in [3.8, 4) is 5.75 Å². The maximum absolute atomic E-state index is 13.6. The van der Waals surface area contributed by atoms with E-state index in [1.54, 1.807) is 23.3 Å². The summed E-state index contributed by atoms with van der Waals surface area (Å²) in [5.74, 6) is 0.979. The molecular weight excluding hydrogens is 436 g/mol. The first kappa shape index (κ1) is 23.8. The van der Waals surface area contributed by atoms with Crippen molar-refractivity contribution in [3.63, 3.8) is 0 Å². The number of nitrogens with zero attached hydrogens (tertiary/aromatic N) is 2. The van der Waals surface area contributed by atoms with E-state index in [1.807, 2.05) is 35.2 Å². The van der Waals surface area contributed by atoms with E-state index in [1.165, 1.54) is 10.4 Å². The van der Waals surface area contributed by atoms with Crippen molar-refractivity contribution < 1.29 is 19.1 Å². The maximum atomic E-state index is 13.6. The van der Waals surface area contributed by atoms with Crippen LogP contribution in [0.4, 0.5) is 0 Å². The van der Waals surface area contributed by atoms with Gasteiger partial charge in [0.2, 0.25) is 11.8 Å². The Morgan fingerprint density at radius 2 is 1.94 bits per heavy atom. The van der Waals surface area contributed by atoms with Crippen molar-refractivity contribution >= 4 is 23.2 Å². The molecule has 1 aliphatic heterocycles. The fraction of sp³-hybridized carbons (Fsp3) is 0.538. The lowest BCUT2D eigenvalue weighted by atomic mass is 10.00. The monoisotopic (exact) mass is 470 g/mol. The van der Waals surface area contributed by atoms with E-state index < -0.39 is 0 Å². The molecule has 0 N–H and O–H groups in total. The highest BCUT2D eigenvalue weighted by Gasteiger charge is 2.35. The topological polar surface area (TPSA) is 59.1 Å². The second-order valence-electron chi connectivity index (χ2n) is 8.86. The molecule has 6 nitrogen and oxygen atoms in total. The summed E-state index contributed by atoms with van der Waals surface area (Å²) in [6.45, 7) is 2.31. The van der Waals surface area contributed by atoms with Crippen molar-refractivity contribution in [1.82, 2.24) is 9.80 Å². The van der Waals surface area contributed by atoms with Crippen LogP contribution in [0.25, 0.3) is 0 Å². The molecule has 2 aromatic rings. The summed E-state index contributed by atoms with van der Waals surface area (Å²) in [5.41, 5.74) is 1.17. The minimum Gasteiger partial charge on any atom is -0.491 e. The molecule has 1 atom stereocenters. The Morgan fingerprint density at radius 3 is 2.70 bits per heavy atom. The molecule has 0 radical (unpaired) electrons. The number of hydrogen-bond donors (Lipinski definition) is 0. The Bertz CT molecular complexity index is 910. The maximum Gasteiger partial charge on any atom is 0.242 e. The molecule has 7 heteroatoms. The van der Waals surface area contributed by atoms with E-state index in [0.29, 0.717) is 26.3 Å². The zero-order valence-electron chi connectivity index (χ0n) is 19.4. The first-order chi connectivity index (χ1) is 16.2. The van der Waals surface area contributed by atoms with Gasteiger partial charge in [0.25, 0.3) is 0 Å². The van der Waals surface area contributed by atoms with Gasteiger partial charge >= 0.3 is 0 Å². The molecule has 2 heterocycles. The number of benzene rings is 1. The molecule has 0 bridgehead atoms. The average molecular weight is 471 g/mol. The molecule has 178 valence electrons. The van der Waals surface area contributed by atoms with Gasteiger partial charge in [0, 0.05) is 37.6 Å². The Kier molecular flexibility index (Phi) is 8.40. The highest BCUT2D eigenvalue weighted by molar-refractivity contribution is 7.10. The van der Waals surface area contributed by atoms with Crippen LogP contribution in [0.1, 0.15) is 48.6 Å². The number of amides is 2. The number of hydrogen-bond acceptors (Lipinski definition) is 5. The number of carbonyl (C=O) groups excluding carboxylic acids is 2. The summed E-state index contributed by atoms with van der Waals surface area (Å²) < 4.78 is 11.3. The second-order valence-corrected chi connectivity index (χ2v) is 9.86. The van der Waals surface area contributed by atoms with Gasteiger partial charge in [-0.05, 0) is 54.8 Å². The number of carbonyl (C=O) groups is 2. The quantitative estimate of drug-likeness (QED) is 0.486. The molecular formula is C26H34N2O4S. The number of thiophene rings is 1. The van der Waals surface area contributed by atoms with Gasteiger partial charge in [-0.25, -0.2) is 0 Å². The number of fused-ring (bicyclic) bond motifs is 1. The smallest absolute Gasteiger partial charge is 0.242 e. The van der Waals surface area contributed by atoms with Crippen molar-refractivity contribution in [2.24, 2.45) is 5.92 Å². The largest absolute Gasteiger partial charge is 0.491 e. The van der Waals surface area contributed by atoms with Crippen LogP contribution in [-0.2, 0) is 20.7 Å². The lowest BCUT2D eigenvalue weighted by Crippen LogP contribution is -2.49. The molecule has 1 aliphatic carbocycles. The molecule has 0 spiro atoms. The molecule has 33 heavy (non-hydrogen) atoms. The lowest BCUT2D eigenvalue weighted by Gasteiger charge is -2.37. The molecule has 1 aromatic carbocycles. The van der Waals surface area contributed by atoms with Crippen LogP contribution >= 0.6 is 11.3 Å². The lowest BCUT2D eigenvalue weighted by molar-refractivity contribution is -0.144. The van der Waals surface area contributed by atoms with Gasteiger partial charge in [0.1, 0.15) is 12.4 Å². The molecule has 1 saturated carbocycles. The fourth-order valence-electron chi connectivity index (χ4n) is 4.92. The summed E-state index contributed by atoms with van der Waals surface area (Å²) >= 11 is 1.74. The summed E-state index contributed by atoms with van der Waals surface area (Å²) in [6, 6.07) is 11.7. The van der Waals surface area contributed by atoms with Crippen LogP contribution < -0.4 is 4.74 Å². The molecule has 2 amide bonds. The summed E-state index contributed by atoms with van der Waals surface area (Å²) in [4.78, 5) is 31.8. The Balaban J connectivity index is 1.47. The van der Waals surface area contributed by atoms with Crippen LogP contribution in [0.3, 0.4) is 0 Å². The third-order valence-corrected chi connectivity index (χ3v) is 7.68. The van der Waals surface area contributed by atoms with Crippen LogP contribution in [0.5, 0.6) is 5.75 Å². The predicted molar refractivity (Wildman–Crippen MR) is 129 cm³/mol. The summed E-state index contributed by atoms with van der Waals surface area (Å²) in [6.07, 6.45) is 5.65. The van der Waals surface area contributed by atoms with Gasteiger partial charge in [0.05, 0.1) is 12.6 Å². The zero-order chi connectivity index (χ0) is 23.0. The SMILES string of the molecule is COCCCN(CC(=O)N1CCc2sccc2[C@@H]1COc1ccccc1)C(=O)C1CCCC1. The van der Waals surface area contributed by atoms with Gasteiger partial charge in [-0.3, -0.25) is 9.59 Å². The Labute approximate surface area is 200 Å². The number of ether oxygens (including phenoxy) is 2. The van der Waals surface area contributed by atoms with Crippen LogP contribution in [0.15, 0.2) is 41.8 Å². The van der Waals surface area contributed by atoms with Crippen LogP contribution in [-0.4, -0.2) is 61.6 Å². The van der Waals surface area contributed by atoms with Crippen molar-refractivity contribution in [3.05, 3.63) is 52.2 Å². The minimum atomic E-state index is -0.143. The highest BCUT2D eigenvalue weighted by Crippen LogP contribution is 2.34. The Morgan fingerprint density at radius 1 is 1.15 bits per heavy atom. The normalized spacial score (nSPS) is 18.2. The number of para-hydroxylation sites is 1. The highest BCUT2D eigenvalue weighted by atomic mass is 32.1. The van der Waals surface area contributed by atoms with E-state index in [4.69, 9.17) is 9.47 Å². The third kappa shape index (κ3) is 5.95. The standard InChI is InChI=1S/C26H34N2O4S/c1-31-16-7-14-27(26(30)20-8-5-6-9-20)18-25(29)28-15-12-24-22(13-17-33-24)23(28)19-32-21-10-3-2-4-11-21/h2-4,10-11,13,17,20,23H,5-9,12,14-16,18-19H2,1H3/t23-/m0/s1. The number of rotatable bonds is 10. The number of methoxy groups -OCH3 is 1. The third-order valence-electron chi connectivity index (χ3n) is 6.68. The van der Waals surface area contributed by atoms with E-state index >= 15 is 0 Å². The zero-order valence-corrected chi connectivity index (χ0v) is 20.2. The minimum absolute atomic E-state index is 0.00252. The second kappa shape index (κ2) is 11.7. The van der Waals surface area contributed by atoms with Gasteiger partial charge in [-0.1, -0.05) is 31.0 Å². The van der Waals surface area contributed by atoms with Gasteiger partial charge in [-0.2, -0.15) is 0 Å². The molecule has 1 aromatic heterocycles. The van der Waals surface area contributed by atoms with Crippen LogP contribution in [0, 0.1) is 5.92 Å². The summed E-state index contributed by atoms with van der Waals surface area (Å²) in [5, 5.41) is 2.09. The summed E-state index contributed by atoms with van der Waals surface area (Å²) in [7, 11) is 1.66. The van der Waals surface area contributed by atoms with Crippen molar-refractivity contribution in [2.75, 3.05) is 40.0 Å². The predicted octanol–water partition coefficient (Wildman–Crippen LogP) is 4.31. The molecule has 1 fully saturated rings. The fourth-order valence-corrected chi connectivity index (χ4v) is 5.85. The Hall–Kier alpha value is -2.38. The van der Waals surface area contributed by atoms with E-state index in [-0.39, 0.29) is 30.3 Å². The van der Waals surface area contributed by atoms with Crippen molar-refractivity contribution in [1.29, 1.82) is 0 Å². The van der Waals surface area contributed by atoms with E-state index in [2.05, 4.69) is 11.4 Å². The van der Waals surface area contributed by atoms with E-state index in [9.17, 15) is 9.59 Å². The first-order valence-corrected chi connectivity index (χ1v) is 12.9. The van der Waals surface area contributed by atoms with E-state index in [0.717, 1.165) is 44.3 Å². The van der Waals surface area contributed by atoms with Gasteiger partial charge in [-0.15, -0.1) is 11.3 Å². The molecule has 0 saturated heterocycles. The average Bonchev–Trinajstić information content (AvgIpc) is 3.54. The first-order valence-electron chi connectivity index (χ1n) is 12.0. The van der Waals surface area contributed by atoms with Crippen LogP contribution in [0.2, 0.25) is 0 Å². The van der Waals surface area contributed by atoms with Gasteiger partial charge in [0.15, 0.2) is 0 Å². The van der Waals surface area contributed by atoms with Crippen molar-refractivity contribution in [2.45, 2.75) is 44.6 Å². The molecule has 0 unspecified atom stereocenters.